The number of nitrogens with one attached hydrogen (secondary N) is 5. The van der Waals surface area contributed by atoms with Crippen molar-refractivity contribution in [2.45, 2.75) is 103 Å². The molecule has 14 nitrogen and oxygen atoms in total. The smallest absolute Gasteiger partial charge is 0.408 e. The van der Waals surface area contributed by atoms with Gasteiger partial charge >= 0.3 is 6.09 Å². The highest BCUT2D eigenvalue weighted by Gasteiger charge is 2.33. The van der Waals surface area contributed by atoms with E-state index in [1.54, 1.807) is 58.0 Å². The van der Waals surface area contributed by atoms with Gasteiger partial charge in [-0.3, -0.25) is 24.2 Å². The van der Waals surface area contributed by atoms with Crippen LogP contribution < -0.4 is 32.3 Å². The number of ether oxygens (including phenoxy) is 1. The number of hydrogen-bond donors (Lipinski definition) is 7. The Morgan fingerprint density at radius 3 is 1.97 bits per heavy atom. The number of carbonyl (C=O) groups excluding carboxylic acids is 5. The van der Waals surface area contributed by atoms with Crippen LogP contribution in [0.1, 0.15) is 82.3 Å². The van der Waals surface area contributed by atoms with Crippen LogP contribution in [-0.4, -0.2) is 70.1 Å². The number of alkyl carbamates (subject to hydrolysis) is 1. The van der Waals surface area contributed by atoms with Gasteiger partial charge in [-0.05, 0) is 69.2 Å². The average Bonchev–Trinajstić information content (AvgIpc) is 3.22. The lowest BCUT2D eigenvalue weighted by molar-refractivity contribution is -0.131. The molecule has 61 heavy (non-hydrogen) atoms. The van der Waals surface area contributed by atoms with E-state index >= 15 is 0 Å². The summed E-state index contributed by atoms with van der Waals surface area (Å²) in [5, 5.41) is 26.0. The van der Waals surface area contributed by atoms with Crippen LogP contribution in [0.25, 0.3) is 0 Å². The summed E-state index contributed by atoms with van der Waals surface area (Å²) in [6.45, 7) is 10.7. The Labute approximate surface area is 358 Å². The molecule has 0 spiro atoms. The molecule has 0 bridgehead atoms. The van der Waals surface area contributed by atoms with Crippen molar-refractivity contribution in [2.75, 3.05) is 17.6 Å². The van der Waals surface area contributed by atoms with Gasteiger partial charge in [0.25, 0.3) is 0 Å². The van der Waals surface area contributed by atoms with Crippen LogP contribution in [0.5, 0.6) is 0 Å². The van der Waals surface area contributed by atoms with Crippen LogP contribution in [0.4, 0.5) is 16.2 Å². The monoisotopic (exact) mass is 835 g/mol. The molecule has 5 amide bonds. The van der Waals surface area contributed by atoms with Crippen LogP contribution in [0.2, 0.25) is 0 Å². The summed E-state index contributed by atoms with van der Waals surface area (Å²) in [5.74, 6) is -2.93. The lowest BCUT2D eigenvalue weighted by atomic mass is 9.87. The number of nitrogens with two attached hydrogens (primary N) is 1. The Bertz CT molecular complexity index is 2040. The predicted molar refractivity (Wildman–Crippen MR) is 236 cm³/mol. The van der Waals surface area contributed by atoms with Gasteiger partial charge in [-0.15, -0.1) is 0 Å². The predicted octanol–water partition coefficient (Wildman–Crippen LogP) is 5.55. The molecule has 8 N–H and O–H groups in total. The van der Waals surface area contributed by atoms with Crippen molar-refractivity contribution in [3.8, 4) is 0 Å². The molecule has 0 aliphatic rings. The summed E-state index contributed by atoms with van der Waals surface area (Å²) in [7, 11) is 0. The van der Waals surface area contributed by atoms with Gasteiger partial charge in [-0.2, -0.15) is 0 Å². The van der Waals surface area contributed by atoms with E-state index in [0.717, 1.165) is 11.1 Å². The first kappa shape index (κ1) is 47.4. The SMILES string of the molecule is CC[C@@H](C)[C@H](NC(=O)[C@H](Cc1ccccc1)C[C@H](O)[C@H](NC(=O)CCNC(=O)[C@H](Cc1ccccc1)NC(=O)OC(C)(C)C)c1ccccc1)C(=O)Nc1cnc(C)cc1N. The van der Waals surface area contributed by atoms with E-state index in [9.17, 15) is 29.1 Å². The molecule has 0 saturated carbocycles. The number of aromatic nitrogens is 1. The van der Waals surface area contributed by atoms with Gasteiger partial charge in [0, 0.05) is 31.0 Å². The van der Waals surface area contributed by atoms with Crippen molar-refractivity contribution < 1.29 is 33.8 Å². The molecule has 14 heteroatoms. The largest absolute Gasteiger partial charge is 0.444 e. The number of rotatable bonds is 20. The molecule has 0 radical (unpaired) electrons. The second kappa shape index (κ2) is 22.9. The number of aliphatic hydroxyl groups is 1. The molecule has 1 aromatic heterocycles. The molecule has 0 aliphatic carbocycles. The van der Waals surface area contributed by atoms with Crippen molar-refractivity contribution in [3.63, 3.8) is 0 Å². The van der Waals surface area contributed by atoms with E-state index in [1.165, 1.54) is 6.20 Å². The summed E-state index contributed by atoms with van der Waals surface area (Å²) in [6, 6.07) is 26.3. The van der Waals surface area contributed by atoms with Crippen LogP contribution in [0.15, 0.2) is 103 Å². The summed E-state index contributed by atoms with van der Waals surface area (Å²) < 4.78 is 5.39. The number of amides is 5. The van der Waals surface area contributed by atoms with Crippen molar-refractivity contribution >= 4 is 41.1 Å². The zero-order chi connectivity index (χ0) is 44.5. The normalized spacial score (nSPS) is 14.2. The number of nitrogens with zero attached hydrogens (tertiary/aromatic N) is 1. The van der Waals surface area contributed by atoms with E-state index in [2.05, 4.69) is 31.6 Å². The van der Waals surface area contributed by atoms with Gasteiger partial charge < -0.3 is 42.2 Å². The Hall–Kier alpha value is -6.28. The number of hydrogen-bond acceptors (Lipinski definition) is 9. The summed E-state index contributed by atoms with van der Waals surface area (Å²) >= 11 is 0. The molecule has 326 valence electrons. The average molecular weight is 836 g/mol. The molecule has 1 heterocycles. The highest BCUT2D eigenvalue weighted by Crippen LogP contribution is 2.26. The highest BCUT2D eigenvalue weighted by molar-refractivity contribution is 5.99. The third-order valence-electron chi connectivity index (χ3n) is 10.1. The number of nitrogen functional groups attached to an aromatic ring is 1. The number of aryl methyl sites for hydroxylation is 1. The molecule has 4 aromatic rings. The fourth-order valence-corrected chi connectivity index (χ4v) is 6.72. The molecular weight excluding hydrogens is 775 g/mol. The number of carbonyl (C=O) groups is 5. The fourth-order valence-electron chi connectivity index (χ4n) is 6.72. The minimum Gasteiger partial charge on any atom is -0.444 e. The van der Waals surface area contributed by atoms with Crippen molar-refractivity contribution in [2.24, 2.45) is 11.8 Å². The van der Waals surface area contributed by atoms with E-state index in [-0.39, 0.29) is 38.1 Å². The molecule has 0 aliphatic heterocycles. The minimum atomic E-state index is -1.25. The topological polar surface area (TPSA) is 214 Å². The molecule has 0 saturated heterocycles. The zero-order valence-electron chi connectivity index (χ0n) is 35.9. The van der Waals surface area contributed by atoms with E-state index in [4.69, 9.17) is 10.5 Å². The van der Waals surface area contributed by atoms with Gasteiger partial charge in [0.15, 0.2) is 0 Å². The van der Waals surface area contributed by atoms with Gasteiger partial charge in [-0.1, -0.05) is 111 Å². The van der Waals surface area contributed by atoms with Crippen LogP contribution in [0, 0.1) is 18.8 Å². The third kappa shape index (κ3) is 15.7. The van der Waals surface area contributed by atoms with Gasteiger partial charge in [-0.25, -0.2) is 4.79 Å². The Morgan fingerprint density at radius 2 is 1.39 bits per heavy atom. The number of aliphatic hydroxyl groups excluding tert-OH is 1. The first-order valence-electron chi connectivity index (χ1n) is 20.7. The maximum atomic E-state index is 14.3. The highest BCUT2D eigenvalue weighted by atomic mass is 16.6. The maximum absolute atomic E-state index is 14.3. The van der Waals surface area contributed by atoms with Crippen LogP contribution in [-0.2, 0) is 36.8 Å². The second-order valence-corrected chi connectivity index (χ2v) is 16.3. The zero-order valence-corrected chi connectivity index (χ0v) is 35.9. The van der Waals surface area contributed by atoms with E-state index < -0.39 is 65.5 Å². The molecule has 6 atom stereocenters. The molecule has 0 unspecified atom stereocenters. The van der Waals surface area contributed by atoms with E-state index in [1.807, 2.05) is 80.6 Å². The standard InChI is InChI=1S/C47H61N7O7/c1-7-30(2)41(45(59)51-38-29-50-31(3)25-36(38)48)54-43(57)35(26-32-17-11-8-12-18-32)28-39(55)42(34-21-15-10-16-22-34)53-40(56)23-24-49-44(58)37(27-33-19-13-9-14-20-33)52-46(60)61-47(4,5)6/h8-22,25,29-30,35,37,39,41-42,55H,7,23-24,26-28H2,1-6H3,(H2,48,50)(H,49,58)(H,51,59)(H,52,60)(H,53,56)(H,54,57)/t30-,35-,37+,39+,41+,42-/m1/s1. The minimum absolute atomic E-state index is 0.0635. The quantitative estimate of drug-likeness (QED) is 0.0594. The van der Waals surface area contributed by atoms with Gasteiger partial charge in [0.05, 0.1) is 29.7 Å². The third-order valence-corrected chi connectivity index (χ3v) is 10.1. The Morgan fingerprint density at radius 1 is 0.803 bits per heavy atom. The van der Waals surface area contributed by atoms with Crippen molar-refractivity contribution in [3.05, 3.63) is 126 Å². The van der Waals surface area contributed by atoms with Gasteiger partial charge in [0.2, 0.25) is 23.6 Å². The Balaban J connectivity index is 1.49. The maximum Gasteiger partial charge on any atom is 0.408 e. The number of benzene rings is 3. The summed E-state index contributed by atoms with van der Waals surface area (Å²) in [5.41, 5.74) is 9.03. The fraction of sp³-hybridized carbons (Fsp3) is 0.404. The van der Waals surface area contributed by atoms with E-state index in [0.29, 0.717) is 29.1 Å². The van der Waals surface area contributed by atoms with Crippen molar-refractivity contribution in [1.29, 1.82) is 0 Å². The number of anilines is 2. The Kier molecular flexibility index (Phi) is 17.8. The first-order valence-corrected chi connectivity index (χ1v) is 20.7. The first-order chi connectivity index (χ1) is 29.0. The lowest BCUT2D eigenvalue weighted by Gasteiger charge is -2.30. The van der Waals surface area contributed by atoms with Crippen LogP contribution >= 0.6 is 0 Å². The van der Waals surface area contributed by atoms with Crippen molar-refractivity contribution in [1.82, 2.24) is 26.3 Å². The second-order valence-electron chi connectivity index (χ2n) is 16.3. The lowest BCUT2D eigenvalue weighted by Crippen LogP contribution is -2.50. The number of pyridine rings is 1. The molecule has 3 aromatic carbocycles. The molecule has 0 fully saturated rings. The summed E-state index contributed by atoms with van der Waals surface area (Å²) in [6.07, 6.45) is 0.293. The molecule has 4 rings (SSSR count). The van der Waals surface area contributed by atoms with Gasteiger partial charge in [0.1, 0.15) is 17.7 Å². The summed E-state index contributed by atoms with van der Waals surface area (Å²) in [4.78, 5) is 71.8. The van der Waals surface area contributed by atoms with Crippen LogP contribution in [0.3, 0.4) is 0 Å². The molecular formula is C47H61N7O7.